The minimum Gasteiger partial charge on any atom is -0.385 e. The van der Waals surface area contributed by atoms with Crippen molar-refractivity contribution in [2.75, 3.05) is 25.5 Å². The summed E-state index contributed by atoms with van der Waals surface area (Å²) in [6, 6.07) is 0. The number of hydrogen-bond acceptors (Lipinski definition) is 4. The first-order chi connectivity index (χ1) is 9.56. The van der Waals surface area contributed by atoms with Crippen molar-refractivity contribution in [3.63, 3.8) is 0 Å². The third-order valence-corrected chi connectivity index (χ3v) is 3.95. The number of anilines is 1. The Morgan fingerprint density at radius 3 is 2.85 bits per heavy atom. The largest absolute Gasteiger partial charge is 0.385 e. The maximum atomic E-state index is 12.7. The van der Waals surface area contributed by atoms with Crippen molar-refractivity contribution in [2.24, 2.45) is 5.92 Å². The first-order valence-corrected chi connectivity index (χ1v) is 7.40. The molecule has 0 saturated carbocycles. The number of hydrogen-bond donors (Lipinski definition) is 1. The number of carbonyl (C=O) groups is 1. The van der Waals surface area contributed by atoms with Crippen LogP contribution in [0.2, 0.25) is 0 Å². The van der Waals surface area contributed by atoms with Crippen LogP contribution in [0.15, 0.2) is 6.20 Å². The minimum atomic E-state index is 0.0228. The van der Waals surface area contributed by atoms with Crippen molar-refractivity contribution in [1.82, 2.24) is 14.9 Å². The fourth-order valence-electron chi connectivity index (χ4n) is 2.52. The van der Waals surface area contributed by atoms with Crippen molar-refractivity contribution < 1.29 is 4.79 Å². The van der Waals surface area contributed by atoms with Crippen LogP contribution in [0.1, 0.15) is 55.8 Å². The average Bonchev–Trinajstić information content (AvgIpc) is 2.94. The van der Waals surface area contributed by atoms with E-state index >= 15 is 0 Å². The molecular formula is C15H24N4O. The molecule has 5 heteroatoms. The lowest BCUT2D eigenvalue weighted by molar-refractivity contribution is 0.0781. The van der Waals surface area contributed by atoms with E-state index in [4.69, 9.17) is 0 Å². The fraction of sp³-hybridized carbons (Fsp3) is 0.667. The topological polar surface area (TPSA) is 58.1 Å². The van der Waals surface area contributed by atoms with Crippen molar-refractivity contribution in [3.8, 4) is 0 Å². The summed E-state index contributed by atoms with van der Waals surface area (Å²) in [6.07, 6.45) is 3.94. The van der Waals surface area contributed by atoms with Crippen LogP contribution in [0.5, 0.6) is 0 Å². The van der Waals surface area contributed by atoms with Gasteiger partial charge in [-0.3, -0.25) is 4.79 Å². The molecule has 1 saturated heterocycles. The van der Waals surface area contributed by atoms with E-state index in [2.05, 4.69) is 22.2 Å². The molecule has 0 radical (unpaired) electrons. The molecule has 1 unspecified atom stereocenters. The maximum Gasteiger partial charge on any atom is 0.274 e. The minimum absolute atomic E-state index is 0.0228. The molecule has 1 aliphatic rings. The van der Waals surface area contributed by atoms with Gasteiger partial charge < -0.3 is 10.2 Å². The third-order valence-electron chi connectivity index (χ3n) is 3.95. The van der Waals surface area contributed by atoms with Crippen LogP contribution in [-0.4, -0.2) is 40.9 Å². The van der Waals surface area contributed by atoms with Gasteiger partial charge in [-0.2, -0.15) is 0 Å². The molecule has 0 spiro atoms. The lowest BCUT2D eigenvalue weighted by Crippen LogP contribution is -2.30. The van der Waals surface area contributed by atoms with Gasteiger partial charge in [-0.05, 0) is 12.3 Å². The molecule has 1 aromatic heterocycles. The summed E-state index contributed by atoms with van der Waals surface area (Å²) in [4.78, 5) is 23.4. The van der Waals surface area contributed by atoms with E-state index in [1.54, 1.807) is 13.2 Å². The molecule has 2 heterocycles. The van der Waals surface area contributed by atoms with E-state index in [-0.39, 0.29) is 11.8 Å². The van der Waals surface area contributed by atoms with Gasteiger partial charge in [0, 0.05) is 26.1 Å². The Labute approximate surface area is 120 Å². The highest BCUT2D eigenvalue weighted by atomic mass is 16.2. The van der Waals surface area contributed by atoms with Crippen molar-refractivity contribution in [3.05, 3.63) is 17.7 Å². The second-order valence-electron chi connectivity index (χ2n) is 5.71. The Balaban J connectivity index is 2.26. The molecule has 0 aromatic carbocycles. The van der Waals surface area contributed by atoms with Gasteiger partial charge in [-0.1, -0.05) is 27.2 Å². The van der Waals surface area contributed by atoms with Gasteiger partial charge in [0.15, 0.2) is 5.69 Å². The second kappa shape index (κ2) is 6.20. The van der Waals surface area contributed by atoms with Crippen molar-refractivity contribution in [1.29, 1.82) is 0 Å². The van der Waals surface area contributed by atoms with Crippen LogP contribution in [0, 0.1) is 5.92 Å². The van der Waals surface area contributed by atoms with E-state index < -0.39 is 0 Å². The summed E-state index contributed by atoms with van der Waals surface area (Å²) < 4.78 is 0. The van der Waals surface area contributed by atoms with Crippen LogP contribution >= 0.6 is 0 Å². The van der Waals surface area contributed by atoms with Crippen LogP contribution < -0.4 is 5.32 Å². The Hall–Kier alpha value is -1.65. The van der Waals surface area contributed by atoms with Crippen LogP contribution in [0.4, 0.5) is 5.69 Å². The molecule has 1 atom stereocenters. The number of nitrogens with zero attached hydrogens (tertiary/aromatic N) is 3. The Bertz CT molecular complexity index is 487. The molecule has 0 bridgehead atoms. The summed E-state index contributed by atoms with van der Waals surface area (Å²) in [5.41, 5.74) is 1.21. The zero-order valence-electron chi connectivity index (χ0n) is 12.8. The molecule has 5 nitrogen and oxygen atoms in total. The number of carbonyl (C=O) groups excluding carboxylic acids is 1. The standard InChI is InChI=1S/C15H24N4O/c1-5-11-6-7-19(9-11)15(20)13-12(16-4)8-17-14(18-13)10(2)3/h8,10-11,16H,5-7,9H2,1-4H3. The molecule has 1 fully saturated rings. The smallest absolute Gasteiger partial charge is 0.274 e. The highest BCUT2D eigenvalue weighted by Crippen LogP contribution is 2.23. The summed E-state index contributed by atoms with van der Waals surface area (Å²) in [5.74, 6) is 1.59. The van der Waals surface area contributed by atoms with Crippen molar-refractivity contribution >= 4 is 11.6 Å². The number of rotatable bonds is 4. The van der Waals surface area contributed by atoms with Crippen LogP contribution in [0.3, 0.4) is 0 Å². The Morgan fingerprint density at radius 2 is 2.30 bits per heavy atom. The molecular weight excluding hydrogens is 252 g/mol. The molecule has 1 amide bonds. The second-order valence-corrected chi connectivity index (χ2v) is 5.71. The summed E-state index contributed by atoms with van der Waals surface area (Å²) in [5, 5.41) is 3.02. The highest BCUT2D eigenvalue weighted by Gasteiger charge is 2.28. The molecule has 110 valence electrons. The van der Waals surface area contributed by atoms with Crippen molar-refractivity contribution in [2.45, 2.75) is 39.5 Å². The van der Waals surface area contributed by atoms with Gasteiger partial charge in [-0.15, -0.1) is 0 Å². The van der Waals surface area contributed by atoms with Crippen LogP contribution in [-0.2, 0) is 0 Å². The van der Waals surface area contributed by atoms with Gasteiger partial charge in [0.2, 0.25) is 0 Å². The first kappa shape index (κ1) is 14.8. The summed E-state index contributed by atoms with van der Waals surface area (Å²) >= 11 is 0. The van der Waals surface area contributed by atoms with Crippen LogP contribution in [0.25, 0.3) is 0 Å². The maximum absolute atomic E-state index is 12.7. The normalized spacial score (nSPS) is 18.6. The lowest BCUT2D eigenvalue weighted by atomic mass is 10.1. The third kappa shape index (κ3) is 2.92. The molecule has 20 heavy (non-hydrogen) atoms. The predicted molar refractivity (Wildman–Crippen MR) is 80.0 cm³/mol. The Kier molecular flexibility index (Phi) is 4.57. The zero-order chi connectivity index (χ0) is 14.7. The summed E-state index contributed by atoms with van der Waals surface area (Å²) in [7, 11) is 1.79. The predicted octanol–water partition coefficient (Wildman–Crippen LogP) is 2.51. The zero-order valence-corrected chi connectivity index (χ0v) is 12.8. The SMILES string of the molecule is CCC1CCN(C(=O)c2nc(C(C)C)ncc2NC)C1. The molecule has 2 rings (SSSR count). The first-order valence-electron chi connectivity index (χ1n) is 7.40. The monoisotopic (exact) mass is 276 g/mol. The van der Waals surface area contributed by atoms with Gasteiger partial charge in [0.1, 0.15) is 5.82 Å². The average molecular weight is 276 g/mol. The number of aromatic nitrogens is 2. The molecule has 0 aliphatic carbocycles. The van der Waals surface area contributed by atoms with E-state index in [0.29, 0.717) is 17.3 Å². The lowest BCUT2D eigenvalue weighted by Gasteiger charge is -2.18. The van der Waals surface area contributed by atoms with E-state index in [0.717, 1.165) is 31.8 Å². The van der Waals surface area contributed by atoms with Gasteiger partial charge in [0.05, 0.1) is 11.9 Å². The fourth-order valence-corrected chi connectivity index (χ4v) is 2.52. The van der Waals surface area contributed by atoms with E-state index in [1.165, 1.54) is 0 Å². The van der Waals surface area contributed by atoms with E-state index in [9.17, 15) is 4.79 Å². The van der Waals surface area contributed by atoms with Gasteiger partial charge in [0.25, 0.3) is 5.91 Å². The van der Waals surface area contributed by atoms with Gasteiger partial charge in [-0.25, -0.2) is 9.97 Å². The summed E-state index contributed by atoms with van der Waals surface area (Å²) in [6.45, 7) is 7.93. The number of amides is 1. The Morgan fingerprint density at radius 1 is 1.55 bits per heavy atom. The quantitative estimate of drug-likeness (QED) is 0.918. The highest BCUT2D eigenvalue weighted by molar-refractivity contribution is 5.97. The molecule has 1 N–H and O–H groups in total. The number of likely N-dealkylation sites (tertiary alicyclic amines) is 1. The molecule has 1 aromatic rings. The van der Waals surface area contributed by atoms with Gasteiger partial charge >= 0.3 is 0 Å². The number of nitrogens with one attached hydrogen (secondary N) is 1. The van der Waals surface area contributed by atoms with E-state index in [1.807, 2.05) is 18.7 Å². The molecule has 1 aliphatic heterocycles.